The smallest absolute Gasteiger partial charge is 0.261 e. The van der Waals surface area contributed by atoms with E-state index in [-0.39, 0.29) is 18.0 Å². The Morgan fingerprint density at radius 2 is 1.48 bits per heavy atom. The van der Waals surface area contributed by atoms with E-state index in [1.807, 2.05) is 71.6 Å². The average molecular weight is 412 g/mol. The highest BCUT2D eigenvalue weighted by atomic mass is 16.2. The van der Waals surface area contributed by atoms with E-state index in [9.17, 15) is 9.59 Å². The zero-order valence-electron chi connectivity index (χ0n) is 17.6. The number of para-hydroxylation sites is 1. The van der Waals surface area contributed by atoms with Crippen molar-refractivity contribution in [3.8, 4) is 0 Å². The van der Waals surface area contributed by atoms with Crippen molar-refractivity contribution in [3.63, 3.8) is 0 Å². The van der Waals surface area contributed by atoms with Crippen LogP contribution in [0.5, 0.6) is 0 Å². The number of carbonyl (C=O) groups is 1. The first-order valence-electron chi connectivity index (χ1n) is 10.4. The summed E-state index contributed by atoms with van der Waals surface area (Å²) in [6.45, 7) is 2.82. The minimum absolute atomic E-state index is 0.0237. The number of nitrogens with zero attached hydrogens (tertiary/aromatic N) is 3. The Labute approximate surface area is 181 Å². The predicted molar refractivity (Wildman–Crippen MR) is 123 cm³/mol. The zero-order valence-corrected chi connectivity index (χ0v) is 17.6. The first kappa shape index (κ1) is 20.5. The fraction of sp³-hybridized carbons (Fsp3) is 0.192. The number of hydrogen-bond donors (Lipinski definition) is 0. The van der Waals surface area contributed by atoms with Crippen LogP contribution in [0.15, 0.2) is 89.7 Å². The predicted octanol–water partition coefficient (Wildman–Crippen LogP) is 3.98. The van der Waals surface area contributed by atoms with Crippen LogP contribution in [0.1, 0.15) is 17.0 Å². The van der Waals surface area contributed by atoms with E-state index in [0.29, 0.717) is 29.8 Å². The van der Waals surface area contributed by atoms with Crippen molar-refractivity contribution in [2.45, 2.75) is 26.4 Å². The van der Waals surface area contributed by atoms with Gasteiger partial charge in [0.25, 0.3) is 5.56 Å². The third-order valence-corrected chi connectivity index (χ3v) is 5.43. The van der Waals surface area contributed by atoms with Gasteiger partial charge in [0.1, 0.15) is 12.4 Å². The van der Waals surface area contributed by atoms with E-state index in [2.05, 4.69) is 17.1 Å². The molecule has 0 radical (unpaired) electrons. The van der Waals surface area contributed by atoms with Crippen LogP contribution in [0.25, 0.3) is 10.9 Å². The first-order valence-corrected chi connectivity index (χ1v) is 10.4. The van der Waals surface area contributed by atoms with E-state index in [1.54, 1.807) is 13.0 Å². The van der Waals surface area contributed by atoms with Crippen LogP contribution in [0.3, 0.4) is 0 Å². The number of rotatable bonds is 7. The van der Waals surface area contributed by atoms with Crippen molar-refractivity contribution in [2.75, 3.05) is 6.54 Å². The van der Waals surface area contributed by atoms with Crippen LogP contribution in [-0.4, -0.2) is 26.9 Å². The quantitative estimate of drug-likeness (QED) is 0.462. The molecule has 3 aromatic carbocycles. The van der Waals surface area contributed by atoms with E-state index in [1.165, 1.54) is 10.1 Å². The van der Waals surface area contributed by atoms with Crippen LogP contribution in [0, 0.1) is 6.92 Å². The molecule has 31 heavy (non-hydrogen) atoms. The molecule has 1 heterocycles. The Kier molecular flexibility index (Phi) is 6.22. The molecule has 5 nitrogen and oxygen atoms in total. The molecule has 0 saturated carbocycles. The van der Waals surface area contributed by atoms with Crippen LogP contribution in [-0.2, 0) is 24.3 Å². The van der Waals surface area contributed by atoms with Gasteiger partial charge in [0.15, 0.2) is 0 Å². The molecule has 1 aromatic heterocycles. The molecule has 0 saturated heterocycles. The van der Waals surface area contributed by atoms with Crippen molar-refractivity contribution in [1.82, 2.24) is 14.5 Å². The van der Waals surface area contributed by atoms with Gasteiger partial charge in [0.2, 0.25) is 5.91 Å². The second kappa shape index (κ2) is 9.39. The van der Waals surface area contributed by atoms with E-state index in [4.69, 9.17) is 0 Å². The van der Waals surface area contributed by atoms with Crippen molar-refractivity contribution < 1.29 is 4.79 Å². The number of hydrogen-bond acceptors (Lipinski definition) is 3. The number of fused-ring (bicyclic) bond motifs is 1. The highest BCUT2D eigenvalue weighted by molar-refractivity contribution is 5.79. The Balaban J connectivity index is 1.59. The van der Waals surface area contributed by atoms with Gasteiger partial charge >= 0.3 is 0 Å². The number of aromatic nitrogens is 2. The molecular formula is C26H25N3O2. The summed E-state index contributed by atoms with van der Waals surface area (Å²) in [4.78, 5) is 32.7. The number of carbonyl (C=O) groups excluding carboxylic acids is 1. The summed E-state index contributed by atoms with van der Waals surface area (Å²) in [5.41, 5.74) is 2.71. The van der Waals surface area contributed by atoms with Gasteiger partial charge in [-0.2, -0.15) is 0 Å². The largest absolute Gasteiger partial charge is 0.336 e. The molecular weight excluding hydrogens is 386 g/mol. The Morgan fingerprint density at radius 3 is 2.19 bits per heavy atom. The normalized spacial score (nSPS) is 10.9. The van der Waals surface area contributed by atoms with Crippen molar-refractivity contribution in [1.29, 1.82) is 0 Å². The molecule has 0 bridgehead atoms. The molecule has 4 aromatic rings. The van der Waals surface area contributed by atoms with Gasteiger partial charge in [0.05, 0.1) is 10.9 Å². The number of amides is 1. The summed E-state index contributed by atoms with van der Waals surface area (Å²) < 4.78 is 1.48. The third kappa shape index (κ3) is 4.89. The maximum Gasteiger partial charge on any atom is 0.261 e. The van der Waals surface area contributed by atoms with Gasteiger partial charge in [-0.3, -0.25) is 14.2 Å². The molecule has 156 valence electrons. The van der Waals surface area contributed by atoms with E-state index in [0.717, 1.165) is 12.0 Å². The highest BCUT2D eigenvalue weighted by Crippen LogP contribution is 2.11. The fourth-order valence-corrected chi connectivity index (χ4v) is 3.70. The molecule has 5 heteroatoms. The standard InChI is InChI=1S/C26H25N3O2/c1-20-27-24-15-9-8-14-23(24)26(31)29(20)19-25(30)28(18-22-12-6-3-7-13-22)17-16-21-10-4-2-5-11-21/h2-15H,16-19H2,1H3. The summed E-state index contributed by atoms with van der Waals surface area (Å²) >= 11 is 0. The fourth-order valence-electron chi connectivity index (χ4n) is 3.70. The van der Waals surface area contributed by atoms with Gasteiger partial charge in [-0.15, -0.1) is 0 Å². The van der Waals surface area contributed by atoms with Gasteiger partial charge in [-0.05, 0) is 36.6 Å². The SMILES string of the molecule is Cc1nc2ccccc2c(=O)n1CC(=O)N(CCc1ccccc1)Cc1ccccc1. The summed E-state index contributed by atoms with van der Waals surface area (Å²) in [7, 11) is 0. The topological polar surface area (TPSA) is 55.2 Å². The van der Waals surface area contributed by atoms with Crippen molar-refractivity contribution in [2.24, 2.45) is 0 Å². The second-order valence-electron chi connectivity index (χ2n) is 7.60. The molecule has 0 spiro atoms. The monoisotopic (exact) mass is 411 g/mol. The second-order valence-corrected chi connectivity index (χ2v) is 7.60. The molecule has 1 amide bonds. The lowest BCUT2D eigenvalue weighted by Crippen LogP contribution is -2.38. The Bertz CT molecular complexity index is 1230. The van der Waals surface area contributed by atoms with Crippen molar-refractivity contribution >= 4 is 16.8 Å². The molecule has 4 rings (SSSR count). The van der Waals surface area contributed by atoms with E-state index < -0.39 is 0 Å². The zero-order chi connectivity index (χ0) is 21.6. The van der Waals surface area contributed by atoms with Gasteiger partial charge in [-0.1, -0.05) is 72.8 Å². The van der Waals surface area contributed by atoms with Crippen LogP contribution < -0.4 is 5.56 Å². The Morgan fingerprint density at radius 1 is 0.871 bits per heavy atom. The number of benzene rings is 3. The molecule has 0 unspecified atom stereocenters. The minimum atomic E-state index is -0.181. The number of aryl methyl sites for hydroxylation is 1. The maximum absolute atomic E-state index is 13.3. The summed E-state index contributed by atoms with van der Waals surface area (Å²) in [6, 6.07) is 27.3. The summed E-state index contributed by atoms with van der Waals surface area (Å²) in [5, 5.41) is 0.528. The highest BCUT2D eigenvalue weighted by Gasteiger charge is 2.18. The summed E-state index contributed by atoms with van der Waals surface area (Å²) in [6.07, 6.45) is 0.753. The van der Waals surface area contributed by atoms with Gasteiger partial charge in [0, 0.05) is 13.1 Å². The van der Waals surface area contributed by atoms with Crippen molar-refractivity contribution in [3.05, 3.63) is 112 Å². The first-order chi connectivity index (χ1) is 15.1. The van der Waals surface area contributed by atoms with Gasteiger partial charge in [-0.25, -0.2) is 4.98 Å². The molecule has 0 atom stereocenters. The average Bonchev–Trinajstić information content (AvgIpc) is 2.80. The van der Waals surface area contributed by atoms with Crippen LogP contribution in [0.2, 0.25) is 0 Å². The lowest BCUT2D eigenvalue weighted by atomic mass is 10.1. The van der Waals surface area contributed by atoms with Crippen LogP contribution in [0.4, 0.5) is 0 Å². The van der Waals surface area contributed by atoms with E-state index >= 15 is 0 Å². The molecule has 0 aliphatic rings. The van der Waals surface area contributed by atoms with Gasteiger partial charge < -0.3 is 4.90 Å². The molecule has 0 aliphatic heterocycles. The third-order valence-electron chi connectivity index (χ3n) is 5.43. The molecule has 0 N–H and O–H groups in total. The maximum atomic E-state index is 13.3. The molecule has 0 fully saturated rings. The summed E-state index contributed by atoms with van der Waals surface area (Å²) in [5.74, 6) is 0.446. The molecule has 0 aliphatic carbocycles. The minimum Gasteiger partial charge on any atom is -0.336 e. The Hall–Kier alpha value is -3.73. The lowest BCUT2D eigenvalue weighted by molar-refractivity contribution is -0.132. The van der Waals surface area contributed by atoms with Crippen LogP contribution >= 0.6 is 0 Å². The lowest BCUT2D eigenvalue weighted by Gasteiger charge is -2.24.